The molecule has 0 bridgehead atoms. The molecule has 2 fully saturated rings. The first-order valence-corrected chi connectivity index (χ1v) is 10.4. The van der Waals surface area contributed by atoms with Crippen molar-refractivity contribution >= 4 is 0 Å². The van der Waals surface area contributed by atoms with Crippen molar-refractivity contribution in [1.82, 2.24) is 0 Å². The number of rotatable bonds is 6. The average molecular weight is 382 g/mol. The molecule has 0 atom stereocenters. The minimum absolute atomic E-state index is 0.104. The lowest BCUT2D eigenvalue weighted by molar-refractivity contribution is 0.151. The van der Waals surface area contributed by atoms with Crippen LogP contribution in [0.4, 0.5) is 17.6 Å². The van der Waals surface area contributed by atoms with E-state index in [1.165, 1.54) is 31.2 Å². The van der Waals surface area contributed by atoms with Gasteiger partial charge in [0.05, 0.1) is 0 Å². The van der Waals surface area contributed by atoms with Crippen LogP contribution in [0.25, 0.3) is 0 Å². The van der Waals surface area contributed by atoms with E-state index < -0.39 is 12.9 Å². The lowest BCUT2D eigenvalue weighted by Crippen LogP contribution is -2.25. The lowest BCUT2D eigenvalue weighted by Gasteiger charge is -2.37. The van der Waals surface area contributed by atoms with Gasteiger partial charge in [-0.25, -0.2) is 17.6 Å². The Kier molecular flexibility index (Phi) is 7.37. The highest BCUT2D eigenvalue weighted by atomic mass is 19.3. The summed E-state index contributed by atoms with van der Waals surface area (Å²) in [5.41, 5.74) is 1.30. The fourth-order valence-corrected chi connectivity index (χ4v) is 5.02. The fourth-order valence-electron chi connectivity index (χ4n) is 5.02. The molecule has 2 aliphatic carbocycles. The molecule has 3 rings (SSSR count). The van der Waals surface area contributed by atoms with Gasteiger partial charge in [0.1, 0.15) is 0 Å². The van der Waals surface area contributed by atoms with E-state index in [1.54, 1.807) is 18.2 Å². The van der Waals surface area contributed by atoms with Crippen molar-refractivity contribution in [3.8, 4) is 0 Å². The second-order valence-corrected chi connectivity index (χ2v) is 8.31. The van der Waals surface area contributed by atoms with Crippen molar-refractivity contribution in [3.05, 3.63) is 47.5 Å². The summed E-state index contributed by atoms with van der Waals surface area (Å²) in [6, 6.07) is 6.89. The molecule has 1 aromatic rings. The molecule has 4 heteroatoms. The predicted molar refractivity (Wildman–Crippen MR) is 101 cm³/mol. The summed E-state index contributed by atoms with van der Waals surface area (Å²) in [7, 11) is 0. The number of allylic oxidation sites excluding steroid dienone is 2. The van der Waals surface area contributed by atoms with Crippen molar-refractivity contribution in [3.63, 3.8) is 0 Å². The molecule has 2 aliphatic rings. The average Bonchev–Trinajstić information content (AvgIpc) is 2.68. The SMILES string of the molecule is FC(F)CC=C[C@H]1CC[C@H]([C@H]2CC[C@H](c3ccc(C(F)F)cc3)CC2)CC1. The van der Waals surface area contributed by atoms with E-state index in [4.69, 9.17) is 0 Å². The zero-order chi connectivity index (χ0) is 19.2. The fraction of sp³-hybridized carbons (Fsp3) is 0.652. The van der Waals surface area contributed by atoms with Crippen molar-refractivity contribution in [1.29, 1.82) is 0 Å². The molecule has 0 heterocycles. The van der Waals surface area contributed by atoms with Crippen molar-refractivity contribution in [2.45, 2.75) is 76.6 Å². The Morgan fingerprint density at radius 2 is 1.33 bits per heavy atom. The van der Waals surface area contributed by atoms with Gasteiger partial charge < -0.3 is 0 Å². The monoisotopic (exact) mass is 382 g/mol. The van der Waals surface area contributed by atoms with E-state index in [0.717, 1.165) is 37.5 Å². The van der Waals surface area contributed by atoms with E-state index >= 15 is 0 Å². The van der Waals surface area contributed by atoms with E-state index in [-0.39, 0.29) is 12.0 Å². The maximum Gasteiger partial charge on any atom is 0.263 e. The molecule has 0 N–H and O–H groups in total. The van der Waals surface area contributed by atoms with E-state index in [0.29, 0.717) is 11.8 Å². The van der Waals surface area contributed by atoms with Gasteiger partial charge >= 0.3 is 0 Å². The van der Waals surface area contributed by atoms with E-state index in [2.05, 4.69) is 0 Å². The van der Waals surface area contributed by atoms with Crippen LogP contribution in [-0.2, 0) is 0 Å². The first kappa shape index (κ1) is 20.4. The maximum atomic E-state index is 12.7. The van der Waals surface area contributed by atoms with Crippen molar-refractivity contribution in [2.24, 2.45) is 17.8 Å². The van der Waals surface area contributed by atoms with Crippen LogP contribution in [0.2, 0.25) is 0 Å². The number of halogens is 4. The van der Waals surface area contributed by atoms with Crippen LogP contribution < -0.4 is 0 Å². The topological polar surface area (TPSA) is 0 Å². The van der Waals surface area contributed by atoms with Gasteiger partial charge in [-0.1, -0.05) is 36.4 Å². The molecule has 0 nitrogen and oxygen atoms in total. The zero-order valence-electron chi connectivity index (χ0n) is 15.8. The van der Waals surface area contributed by atoms with Crippen LogP contribution >= 0.6 is 0 Å². The summed E-state index contributed by atoms with van der Waals surface area (Å²) in [5.74, 6) is 2.52. The Hall–Kier alpha value is -1.32. The Labute approximate surface area is 160 Å². The molecule has 0 spiro atoms. The molecular weight excluding hydrogens is 352 g/mol. The third-order valence-corrected chi connectivity index (χ3v) is 6.64. The molecule has 0 aromatic heterocycles. The maximum absolute atomic E-state index is 12.7. The molecular formula is C23H30F4. The van der Waals surface area contributed by atoms with Crippen LogP contribution in [0.3, 0.4) is 0 Å². The molecule has 2 saturated carbocycles. The minimum atomic E-state index is -2.39. The van der Waals surface area contributed by atoms with Crippen LogP contribution in [0.1, 0.15) is 81.3 Å². The van der Waals surface area contributed by atoms with Gasteiger partial charge in [0.25, 0.3) is 6.43 Å². The molecule has 150 valence electrons. The van der Waals surface area contributed by atoms with Gasteiger partial charge in [-0.15, -0.1) is 0 Å². The van der Waals surface area contributed by atoms with Crippen LogP contribution in [0.5, 0.6) is 0 Å². The largest absolute Gasteiger partial charge is 0.263 e. The Bertz CT molecular complexity index is 577. The zero-order valence-corrected chi connectivity index (χ0v) is 15.8. The number of hydrogen-bond acceptors (Lipinski definition) is 0. The normalized spacial score (nSPS) is 29.7. The lowest BCUT2D eigenvalue weighted by atomic mass is 9.68. The van der Waals surface area contributed by atoms with Crippen LogP contribution in [0.15, 0.2) is 36.4 Å². The molecule has 0 aliphatic heterocycles. The Morgan fingerprint density at radius 1 is 0.778 bits per heavy atom. The summed E-state index contributed by atoms with van der Waals surface area (Å²) in [5, 5.41) is 0. The highest BCUT2D eigenvalue weighted by Gasteiger charge is 2.30. The first-order valence-electron chi connectivity index (χ1n) is 10.4. The molecule has 1 aromatic carbocycles. The second kappa shape index (κ2) is 9.75. The highest BCUT2D eigenvalue weighted by Crippen LogP contribution is 2.44. The third-order valence-electron chi connectivity index (χ3n) is 6.64. The van der Waals surface area contributed by atoms with Gasteiger partial charge in [0.15, 0.2) is 0 Å². The smallest absolute Gasteiger partial charge is 0.210 e. The summed E-state index contributed by atoms with van der Waals surface area (Å²) in [6.07, 6.45) is 8.30. The van der Waals surface area contributed by atoms with Gasteiger partial charge in [-0.05, 0) is 80.6 Å². The number of benzene rings is 1. The van der Waals surface area contributed by atoms with Crippen molar-refractivity contribution < 1.29 is 17.6 Å². The quantitative estimate of drug-likeness (QED) is 0.346. The number of alkyl halides is 4. The molecule has 0 saturated heterocycles. The predicted octanol–water partition coefficient (Wildman–Crippen LogP) is 7.92. The van der Waals surface area contributed by atoms with Crippen LogP contribution in [0, 0.1) is 17.8 Å². The summed E-state index contributed by atoms with van der Waals surface area (Å²) < 4.78 is 49.8. The van der Waals surface area contributed by atoms with E-state index in [9.17, 15) is 17.6 Å². The van der Waals surface area contributed by atoms with Gasteiger partial charge in [0, 0.05) is 12.0 Å². The van der Waals surface area contributed by atoms with Gasteiger partial charge in [-0.2, -0.15) is 0 Å². The van der Waals surface area contributed by atoms with Crippen LogP contribution in [-0.4, -0.2) is 6.43 Å². The first-order chi connectivity index (χ1) is 13.0. The molecule has 0 amide bonds. The minimum Gasteiger partial charge on any atom is -0.210 e. The highest BCUT2D eigenvalue weighted by molar-refractivity contribution is 5.26. The summed E-state index contributed by atoms with van der Waals surface area (Å²) >= 11 is 0. The third kappa shape index (κ3) is 5.83. The Morgan fingerprint density at radius 3 is 1.85 bits per heavy atom. The van der Waals surface area contributed by atoms with Gasteiger partial charge in [0.2, 0.25) is 6.43 Å². The second-order valence-electron chi connectivity index (χ2n) is 8.31. The molecule has 27 heavy (non-hydrogen) atoms. The number of hydrogen-bond donors (Lipinski definition) is 0. The molecule has 0 unspecified atom stereocenters. The van der Waals surface area contributed by atoms with E-state index in [1.807, 2.05) is 18.2 Å². The molecule has 0 radical (unpaired) electrons. The summed E-state index contributed by atoms with van der Waals surface area (Å²) in [6.45, 7) is 0. The van der Waals surface area contributed by atoms with Gasteiger partial charge in [-0.3, -0.25) is 0 Å². The van der Waals surface area contributed by atoms with Crippen molar-refractivity contribution in [2.75, 3.05) is 0 Å². The Balaban J connectivity index is 1.42. The standard InChI is InChI=1S/C23H30F4/c24-22(25)3-1-2-16-4-6-17(7-5-16)18-8-10-19(11-9-18)20-12-14-21(15-13-20)23(26)27/h1-2,12-19,22-23H,3-11H2/t16-,17-,18-,19-. The summed E-state index contributed by atoms with van der Waals surface area (Å²) in [4.78, 5) is 0.